The zero-order valence-corrected chi connectivity index (χ0v) is 14.7. The molecule has 1 fully saturated rings. The maximum atomic E-state index is 6.58. The second-order valence-electron chi connectivity index (χ2n) is 6.71. The highest BCUT2D eigenvalue weighted by atomic mass is 79.9. The molecule has 1 N–H and O–H groups in total. The van der Waals surface area contributed by atoms with E-state index in [4.69, 9.17) is 4.74 Å². The average molecular weight is 352 g/mol. The molecule has 3 unspecified atom stereocenters. The molecule has 1 aromatic rings. The zero-order valence-electron chi connectivity index (χ0n) is 13.1. The Morgan fingerprint density at radius 1 is 1.38 bits per heavy atom. The fraction of sp³-hybridized carbons (Fsp3) is 0.667. The molecule has 0 saturated heterocycles. The Morgan fingerprint density at radius 2 is 2.24 bits per heavy atom. The van der Waals surface area contributed by atoms with Gasteiger partial charge in [0.2, 0.25) is 0 Å². The summed E-state index contributed by atoms with van der Waals surface area (Å²) in [6.45, 7) is 5.67. The zero-order chi connectivity index (χ0) is 14.9. The minimum atomic E-state index is 0.0461. The second-order valence-corrected chi connectivity index (χ2v) is 7.62. The third kappa shape index (κ3) is 3.00. The summed E-state index contributed by atoms with van der Waals surface area (Å²) in [7, 11) is 0. The first-order valence-corrected chi connectivity index (χ1v) is 9.16. The Bertz CT molecular complexity index is 504. The molecule has 0 amide bonds. The predicted octanol–water partition coefficient (Wildman–Crippen LogP) is 5.22. The van der Waals surface area contributed by atoms with E-state index < -0.39 is 0 Å². The van der Waals surface area contributed by atoms with Crippen LogP contribution in [0, 0.1) is 5.92 Å². The maximum Gasteiger partial charge on any atom is 0.125 e. The first kappa shape index (κ1) is 15.4. The van der Waals surface area contributed by atoms with E-state index in [-0.39, 0.29) is 5.60 Å². The lowest BCUT2D eigenvalue weighted by atomic mass is 9.70. The molecule has 0 radical (unpaired) electrons. The third-order valence-electron chi connectivity index (χ3n) is 5.24. The maximum absolute atomic E-state index is 6.58. The number of nitrogens with one attached hydrogen (secondary N) is 1. The topological polar surface area (TPSA) is 21.3 Å². The number of hydrogen-bond acceptors (Lipinski definition) is 2. The van der Waals surface area contributed by atoms with Crippen molar-refractivity contribution in [3.8, 4) is 5.75 Å². The molecule has 1 aliphatic heterocycles. The van der Waals surface area contributed by atoms with Crippen molar-refractivity contribution in [2.45, 2.75) is 64.0 Å². The van der Waals surface area contributed by atoms with E-state index >= 15 is 0 Å². The van der Waals surface area contributed by atoms with E-state index in [2.05, 4.69) is 53.3 Å². The van der Waals surface area contributed by atoms with Crippen LogP contribution in [0.3, 0.4) is 0 Å². The summed E-state index contributed by atoms with van der Waals surface area (Å²) in [5, 5.41) is 3.75. The van der Waals surface area contributed by atoms with Gasteiger partial charge in [0, 0.05) is 22.5 Å². The lowest BCUT2D eigenvalue weighted by Crippen LogP contribution is -2.50. The van der Waals surface area contributed by atoms with Gasteiger partial charge in [-0.3, -0.25) is 0 Å². The molecule has 1 aromatic carbocycles. The third-order valence-corrected chi connectivity index (χ3v) is 5.73. The van der Waals surface area contributed by atoms with Crippen LogP contribution in [-0.4, -0.2) is 12.1 Å². The van der Waals surface area contributed by atoms with Gasteiger partial charge in [-0.05, 0) is 56.3 Å². The summed E-state index contributed by atoms with van der Waals surface area (Å²) in [5.41, 5.74) is 1.37. The second kappa shape index (κ2) is 6.29. The highest BCUT2D eigenvalue weighted by Gasteiger charge is 2.45. The molecule has 3 atom stereocenters. The van der Waals surface area contributed by atoms with Crippen molar-refractivity contribution in [3.63, 3.8) is 0 Å². The highest BCUT2D eigenvalue weighted by molar-refractivity contribution is 9.10. The number of halogens is 1. The van der Waals surface area contributed by atoms with Crippen molar-refractivity contribution in [2.75, 3.05) is 6.54 Å². The van der Waals surface area contributed by atoms with Crippen molar-refractivity contribution in [2.24, 2.45) is 5.92 Å². The van der Waals surface area contributed by atoms with Crippen LogP contribution in [0.1, 0.15) is 64.0 Å². The number of hydrogen-bond donors (Lipinski definition) is 1. The van der Waals surface area contributed by atoms with Crippen LogP contribution in [0.2, 0.25) is 0 Å². The van der Waals surface area contributed by atoms with E-state index in [1.54, 1.807) is 0 Å². The van der Waals surface area contributed by atoms with Gasteiger partial charge in [0.1, 0.15) is 11.4 Å². The molecule has 1 spiro atoms. The lowest BCUT2D eigenvalue weighted by Gasteiger charge is -2.48. The summed E-state index contributed by atoms with van der Waals surface area (Å²) in [6, 6.07) is 6.89. The van der Waals surface area contributed by atoms with E-state index in [1.807, 2.05) is 0 Å². The van der Waals surface area contributed by atoms with Gasteiger partial charge in [-0.1, -0.05) is 36.2 Å². The quantitative estimate of drug-likeness (QED) is 0.805. The van der Waals surface area contributed by atoms with Gasteiger partial charge in [0.15, 0.2) is 0 Å². The van der Waals surface area contributed by atoms with Crippen LogP contribution < -0.4 is 10.1 Å². The molecule has 2 aliphatic rings. The van der Waals surface area contributed by atoms with Crippen molar-refractivity contribution in [3.05, 3.63) is 28.2 Å². The minimum absolute atomic E-state index is 0.0461. The summed E-state index contributed by atoms with van der Waals surface area (Å²) in [6.07, 6.45) is 7.43. The van der Waals surface area contributed by atoms with Crippen LogP contribution >= 0.6 is 15.9 Å². The van der Waals surface area contributed by atoms with Gasteiger partial charge >= 0.3 is 0 Å². The van der Waals surface area contributed by atoms with E-state index in [1.165, 1.54) is 37.7 Å². The van der Waals surface area contributed by atoms with Crippen LogP contribution in [-0.2, 0) is 0 Å². The van der Waals surface area contributed by atoms with Gasteiger partial charge in [-0.2, -0.15) is 0 Å². The van der Waals surface area contributed by atoms with Gasteiger partial charge in [0.05, 0.1) is 0 Å². The number of benzene rings is 1. The molecule has 3 rings (SSSR count). The molecule has 1 saturated carbocycles. The Kier molecular flexibility index (Phi) is 4.60. The first-order valence-electron chi connectivity index (χ1n) is 8.36. The molecule has 0 bridgehead atoms. The van der Waals surface area contributed by atoms with Crippen LogP contribution in [0.4, 0.5) is 0 Å². The van der Waals surface area contributed by atoms with Crippen molar-refractivity contribution >= 4 is 15.9 Å². The summed E-state index contributed by atoms with van der Waals surface area (Å²) in [4.78, 5) is 0. The molecule has 3 heteroatoms. The van der Waals surface area contributed by atoms with E-state index in [0.717, 1.165) is 23.2 Å². The van der Waals surface area contributed by atoms with Crippen LogP contribution in [0.5, 0.6) is 5.75 Å². The average Bonchev–Trinajstić information content (AvgIpc) is 2.49. The Morgan fingerprint density at radius 3 is 3.00 bits per heavy atom. The SMILES string of the molecule is CCCNC1CC2(CCCCC2C)Oc2ccc(Br)cc21. The largest absolute Gasteiger partial charge is 0.487 e. The molecular formula is C18H26BrNO. The summed E-state index contributed by atoms with van der Waals surface area (Å²) < 4.78 is 7.72. The summed E-state index contributed by atoms with van der Waals surface area (Å²) >= 11 is 3.60. The number of ether oxygens (including phenoxy) is 1. The fourth-order valence-electron chi connectivity index (χ4n) is 3.94. The van der Waals surface area contributed by atoms with E-state index in [9.17, 15) is 0 Å². The van der Waals surface area contributed by atoms with Gasteiger partial charge in [-0.25, -0.2) is 0 Å². The van der Waals surface area contributed by atoms with E-state index in [0.29, 0.717) is 12.0 Å². The number of fused-ring (bicyclic) bond motifs is 1. The molecule has 1 aliphatic carbocycles. The van der Waals surface area contributed by atoms with Crippen molar-refractivity contribution in [1.82, 2.24) is 5.32 Å². The van der Waals surface area contributed by atoms with Crippen molar-refractivity contribution in [1.29, 1.82) is 0 Å². The Labute approximate surface area is 136 Å². The lowest BCUT2D eigenvalue weighted by molar-refractivity contribution is -0.0443. The standard InChI is InChI=1S/C18H26BrNO/c1-3-10-20-16-12-18(9-5-4-6-13(18)2)21-17-8-7-14(19)11-15(16)17/h7-8,11,13,16,20H,3-6,9-10,12H2,1-2H3. The van der Waals surface area contributed by atoms with Gasteiger partial charge < -0.3 is 10.1 Å². The van der Waals surface area contributed by atoms with Crippen LogP contribution in [0.25, 0.3) is 0 Å². The normalized spacial score (nSPS) is 31.8. The predicted molar refractivity (Wildman–Crippen MR) is 90.8 cm³/mol. The van der Waals surface area contributed by atoms with Gasteiger partial charge in [-0.15, -0.1) is 0 Å². The number of rotatable bonds is 3. The molecule has 0 aromatic heterocycles. The minimum Gasteiger partial charge on any atom is -0.487 e. The first-order chi connectivity index (χ1) is 10.1. The van der Waals surface area contributed by atoms with Gasteiger partial charge in [0.25, 0.3) is 0 Å². The molecule has 116 valence electrons. The van der Waals surface area contributed by atoms with Crippen LogP contribution in [0.15, 0.2) is 22.7 Å². The molecular weight excluding hydrogens is 326 g/mol. The fourth-order valence-corrected chi connectivity index (χ4v) is 4.32. The monoisotopic (exact) mass is 351 g/mol. The highest BCUT2D eigenvalue weighted by Crippen LogP contribution is 2.49. The Hall–Kier alpha value is -0.540. The molecule has 2 nitrogen and oxygen atoms in total. The Balaban J connectivity index is 1.94. The molecule has 21 heavy (non-hydrogen) atoms. The van der Waals surface area contributed by atoms with Crippen molar-refractivity contribution < 1.29 is 4.74 Å². The molecule has 1 heterocycles. The smallest absolute Gasteiger partial charge is 0.125 e. The summed E-state index contributed by atoms with van der Waals surface area (Å²) in [5.74, 6) is 1.74.